The van der Waals surface area contributed by atoms with Crippen LogP contribution in [0.1, 0.15) is 44.9 Å². The third-order valence-electron chi connectivity index (χ3n) is 4.59. The first-order valence-corrected chi connectivity index (χ1v) is 8.70. The molecule has 0 aliphatic carbocycles. The molecule has 0 radical (unpaired) electrons. The number of nitrogens with zero attached hydrogens (tertiary/aromatic N) is 1. The van der Waals surface area contributed by atoms with Crippen LogP contribution in [0.3, 0.4) is 0 Å². The lowest BCUT2D eigenvalue weighted by molar-refractivity contribution is -0.150. The van der Waals surface area contributed by atoms with Gasteiger partial charge in [-0.1, -0.05) is 12.1 Å². The summed E-state index contributed by atoms with van der Waals surface area (Å²) in [6, 6.07) is 11.6. The first-order valence-electron chi connectivity index (χ1n) is 8.70. The van der Waals surface area contributed by atoms with Crippen molar-refractivity contribution in [2.24, 2.45) is 0 Å². The van der Waals surface area contributed by atoms with Crippen molar-refractivity contribution in [3.05, 3.63) is 65.2 Å². The van der Waals surface area contributed by atoms with Crippen molar-refractivity contribution in [3.8, 4) is 5.75 Å². The summed E-state index contributed by atoms with van der Waals surface area (Å²) >= 11 is 0. The number of ether oxygens (including phenoxy) is 2. The van der Waals surface area contributed by atoms with Crippen molar-refractivity contribution in [2.45, 2.75) is 26.0 Å². The number of fused-ring (bicyclic) bond motifs is 1. The Balaban J connectivity index is 1.69. The number of amides is 2. The van der Waals surface area contributed by atoms with Gasteiger partial charge in [0.2, 0.25) is 5.78 Å². The number of imide groups is 1. The number of carbonyl (C=O) groups is 4. The van der Waals surface area contributed by atoms with Crippen LogP contribution in [0.2, 0.25) is 0 Å². The van der Waals surface area contributed by atoms with Gasteiger partial charge in [0.1, 0.15) is 11.8 Å². The summed E-state index contributed by atoms with van der Waals surface area (Å²) in [6.07, 6.45) is -1.07. The van der Waals surface area contributed by atoms with Crippen LogP contribution in [0.25, 0.3) is 0 Å². The van der Waals surface area contributed by atoms with Crippen LogP contribution in [0.15, 0.2) is 48.5 Å². The maximum absolute atomic E-state index is 12.5. The molecule has 1 aliphatic heterocycles. The van der Waals surface area contributed by atoms with E-state index in [4.69, 9.17) is 9.47 Å². The van der Waals surface area contributed by atoms with E-state index in [0.29, 0.717) is 11.3 Å². The Morgan fingerprint density at radius 2 is 1.43 bits per heavy atom. The third kappa shape index (κ3) is 3.38. The summed E-state index contributed by atoms with van der Waals surface area (Å²) in [5, 5.41) is 0. The van der Waals surface area contributed by atoms with Gasteiger partial charge >= 0.3 is 5.97 Å². The highest BCUT2D eigenvalue weighted by molar-refractivity contribution is 6.22. The zero-order chi connectivity index (χ0) is 20.4. The Bertz CT molecular complexity index is 915. The molecule has 2 aromatic rings. The molecule has 7 nitrogen and oxygen atoms in total. The van der Waals surface area contributed by atoms with Crippen LogP contribution < -0.4 is 4.74 Å². The Morgan fingerprint density at radius 3 is 1.93 bits per heavy atom. The van der Waals surface area contributed by atoms with Gasteiger partial charge < -0.3 is 9.47 Å². The predicted octanol–water partition coefficient (Wildman–Crippen LogP) is 2.49. The van der Waals surface area contributed by atoms with E-state index in [1.165, 1.54) is 33.1 Å². The molecule has 0 spiro atoms. The van der Waals surface area contributed by atoms with Crippen molar-refractivity contribution in [1.82, 2.24) is 4.90 Å². The largest absolute Gasteiger partial charge is 0.497 e. The Morgan fingerprint density at radius 1 is 0.893 bits per heavy atom. The average molecular weight is 381 g/mol. The van der Waals surface area contributed by atoms with Crippen molar-refractivity contribution in [3.63, 3.8) is 0 Å². The quantitative estimate of drug-likeness (QED) is 0.434. The summed E-state index contributed by atoms with van der Waals surface area (Å²) in [6.45, 7) is 2.84. The van der Waals surface area contributed by atoms with Crippen LogP contribution >= 0.6 is 0 Å². The maximum atomic E-state index is 12.5. The van der Waals surface area contributed by atoms with Gasteiger partial charge in [-0.2, -0.15) is 0 Å². The lowest BCUT2D eigenvalue weighted by Crippen LogP contribution is -2.45. The van der Waals surface area contributed by atoms with E-state index in [1.54, 1.807) is 36.4 Å². The Kier molecular flexibility index (Phi) is 5.26. The van der Waals surface area contributed by atoms with Crippen molar-refractivity contribution in [2.75, 3.05) is 7.11 Å². The molecule has 0 N–H and O–H groups in total. The smallest absolute Gasteiger partial charge is 0.329 e. The molecule has 2 aromatic carbocycles. The highest BCUT2D eigenvalue weighted by Crippen LogP contribution is 2.25. The van der Waals surface area contributed by atoms with Gasteiger partial charge in [0.25, 0.3) is 11.8 Å². The average Bonchev–Trinajstić information content (AvgIpc) is 2.97. The minimum absolute atomic E-state index is 0.245. The fraction of sp³-hybridized carbons (Fsp3) is 0.238. The monoisotopic (exact) mass is 381 g/mol. The fourth-order valence-corrected chi connectivity index (χ4v) is 2.98. The van der Waals surface area contributed by atoms with E-state index in [0.717, 1.165) is 4.90 Å². The summed E-state index contributed by atoms with van der Waals surface area (Å²) in [7, 11) is 1.52. The van der Waals surface area contributed by atoms with E-state index >= 15 is 0 Å². The molecule has 1 heterocycles. The van der Waals surface area contributed by atoms with Crippen molar-refractivity contribution in [1.29, 1.82) is 0 Å². The minimum Gasteiger partial charge on any atom is -0.497 e. The van der Waals surface area contributed by atoms with Gasteiger partial charge in [-0.15, -0.1) is 0 Å². The molecule has 3 rings (SSSR count). The molecule has 2 unspecified atom stereocenters. The van der Waals surface area contributed by atoms with Crippen LogP contribution in [0.5, 0.6) is 5.75 Å². The Hall–Kier alpha value is -3.48. The van der Waals surface area contributed by atoms with Gasteiger partial charge in [0.15, 0.2) is 6.10 Å². The van der Waals surface area contributed by atoms with Crippen LogP contribution in [0, 0.1) is 0 Å². The van der Waals surface area contributed by atoms with Crippen molar-refractivity contribution < 1.29 is 28.7 Å². The number of carbonyl (C=O) groups excluding carboxylic acids is 4. The number of rotatable bonds is 6. The standard InChI is InChI=1S/C21H19NO6/c1-12(22-19(24)16-6-4-5-7-17(16)20(22)25)21(26)28-13(2)18(23)14-8-10-15(27-3)11-9-14/h4-13H,1-3H3. The van der Waals surface area contributed by atoms with E-state index in [9.17, 15) is 19.2 Å². The van der Waals surface area contributed by atoms with Crippen LogP contribution in [-0.2, 0) is 9.53 Å². The molecule has 0 saturated heterocycles. The zero-order valence-electron chi connectivity index (χ0n) is 15.7. The number of hydrogen-bond acceptors (Lipinski definition) is 6. The molecule has 7 heteroatoms. The molecule has 0 aromatic heterocycles. The highest BCUT2D eigenvalue weighted by atomic mass is 16.5. The number of Topliss-reactive ketones (excluding diaryl/α,β-unsaturated/α-hetero) is 1. The lowest BCUT2D eigenvalue weighted by Gasteiger charge is -2.22. The molecule has 28 heavy (non-hydrogen) atoms. The predicted molar refractivity (Wildman–Crippen MR) is 99.3 cm³/mol. The zero-order valence-corrected chi connectivity index (χ0v) is 15.7. The molecule has 1 aliphatic rings. The topological polar surface area (TPSA) is 90.0 Å². The minimum atomic E-state index is -1.15. The van der Waals surface area contributed by atoms with Gasteiger partial charge in [0.05, 0.1) is 18.2 Å². The molecular weight excluding hydrogens is 362 g/mol. The van der Waals surface area contributed by atoms with Gasteiger partial charge in [-0.3, -0.25) is 19.3 Å². The van der Waals surface area contributed by atoms with E-state index in [2.05, 4.69) is 0 Å². The summed E-state index contributed by atoms with van der Waals surface area (Å²) in [5.41, 5.74) is 0.846. The summed E-state index contributed by atoms with van der Waals surface area (Å²) < 4.78 is 10.3. The maximum Gasteiger partial charge on any atom is 0.329 e. The second-order valence-electron chi connectivity index (χ2n) is 6.37. The highest BCUT2D eigenvalue weighted by Gasteiger charge is 2.41. The number of ketones is 1. The van der Waals surface area contributed by atoms with Crippen LogP contribution in [0.4, 0.5) is 0 Å². The lowest BCUT2D eigenvalue weighted by atomic mass is 10.1. The molecule has 144 valence electrons. The van der Waals surface area contributed by atoms with Gasteiger partial charge in [-0.05, 0) is 50.2 Å². The number of benzene rings is 2. The van der Waals surface area contributed by atoms with Crippen molar-refractivity contribution >= 4 is 23.6 Å². The van der Waals surface area contributed by atoms with Gasteiger partial charge in [-0.25, -0.2) is 4.79 Å². The van der Waals surface area contributed by atoms with E-state index in [1.807, 2.05) is 0 Å². The molecule has 2 amide bonds. The van der Waals surface area contributed by atoms with E-state index in [-0.39, 0.29) is 11.1 Å². The fourth-order valence-electron chi connectivity index (χ4n) is 2.98. The SMILES string of the molecule is COc1ccc(C(=O)C(C)OC(=O)C(C)N2C(=O)c3ccccc3C2=O)cc1. The van der Waals surface area contributed by atoms with Gasteiger partial charge in [0, 0.05) is 5.56 Å². The number of hydrogen-bond donors (Lipinski definition) is 0. The number of methoxy groups -OCH3 is 1. The molecule has 0 saturated carbocycles. The molecular formula is C21H19NO6. The second kappa shape index (κ2) is 7.64. The molecule has 2 atom stereocenters. The summed E-state index contributed by atoms with van der Waals surface area (Å²) in [4.78, 5) is 50.7. The second-order valence-corrected chi connectivity index (χ2v) is 6.37. The van der Waals surface area contributed by atoms with E-state index < -0.39 is 35.7 Å². The molecule has 0 fully saturated rings. The molecule has 0 bridgehead atoms. The normalized spacial score (nSPS) is 15.0. The Labute approximate surface area is 161 Å². The first kappa shape index (κ1) is 19.3. The van der Waals surface area contributed by atoms with Crippen LogP contribution in [-0.4, -0.2) is 47.7 Å². The summed E-state index contributed by atoms with van der Waals surface area (Å²) in [5.74, 6) is -1.74. The third-order valence-corrected chi connectivity index (χ3v) is 4.59. The number of esters is 1. The first-order chi connectivity index (χ1) is 13.3.